The molecular weight excluding hydrogens is 426 g/mol. The highest BCUT2D eigenvalue weighted by Crippen LogP contribution is 2.22. The summed E-state index contributed by atoms with van der Waals surface area (Å²) in [5.74, 6) is 1.44. The Bertz CT molecular complexity index is 916. The normalized spacial score (nSPS) is 17.6. The Balaban J connectivity index is 1.14. The molecule has 2 aliphatic rings. The van der Waals surface area contributed by atoms with Gasteiger partial charge in [-0.2, -0.15) is 0 Å². The van der Waals surface area contributed by atoms with Crippen molar-refractivity contribution in [3.8, 4) is 5.75 Å². The van der Waals surface area contributed by atoms with Gasteiger partial charge in [-0.1, -0.05) is 42.5 Å². The number of benzene rings is 2. The van der Waals surface area contributed by atoms with Gasteiger partial charge in [0.15, 0.2) is 0 Å². The zero-order chi connectivity index (χ0) is 23.8. The average Bonchev–Trinajstić information content (AvgIpc) is 2.91. The summed E-state index contributed by atoms with van der Waals surface area (Å²) >= 11 is 0. The van der Waals surface area contributed by atoms with Gasteiger partial charge >= 0.3 is 0 Å². The second-order valence-electron chi connectivity index (χ2n) is 9.41. The predicted octanol–water partition coefficient (Wildman–Crippen LogP) is 3.25. The third-order valence-corrected chi connectivity index (χ3v) is 7.23. The maximum atomic E-state index is 13.1. The number of likely N-dealkylation sites (tertiary alicyclic amines) is 1. The fourth-order valence-corrected chi connectivity index (χ4v) is 4.96. The van der Waals surface area contributed by atoms with Crippen molar-refractivity contribution < 1.29 is 14.3 Å². The Morgan fingerprint density at radius 3 is 2.09 bits per heavy atom. The monoisotopic (exact) mass is 463 g/mol. The molecule has 0 aromatic heterocycles. The lowest BCUT2D eigenvalue weighted by molar-refractivity contribution is -0.142. The predicted molar refractivity (Wildman–Crippen MR) is 134 cm³/mol. The van der Waals surface area contributed by atoms with Crippen molar-refractivity contribution in [3.63, 3.8) is 0 Å². The Morgan fingerprint density at radius 2 is 1.44 bits per heavy atom. The molecule has 6 nitrogen and oxygen atoms in total. The summed E-state index contributed by atoms with van der Waals surface area (Å²) in [5.41, 5.74) is 2.51. The molecule has 2 heterocycles. The molecule has 6 heteroatoms. The molecule has 0 bridgehead atoms. The molecule has 2 aromatic rings. The van der Waals surface area contributed by atoms with Crippen LogP contribution in [0.1, 0.15) is 30.4 Å². The van der Waals surface area contributed by atoms with E-state index in [0.29, 0.717) is 19.5 Å². The highest BCUT2D eigenvalue weighted by molar-refractivity contribution is 5.80. The lowest BCUT2D eigenvalue weighted by atomic mass is 9.94. The van der Waals surface area contributed by atoms with E-state index < -0.39 is 0 Å². The zero-order valence-corrected chi connectivity index (χ0v) is 20.3. The van der Waals surface area contributed by atoms with Crippen molar-refractivity contribution in [1.29, 1.82) is 0 Å². The van der Waals surface area contributed by atoms with Crippen LogP contribution in [0.3, 0.4) is 0 Å². The van der Waals surface area contributed by atoms with Crippen LogP contribution < -0.4 is 4.74 Å². The van der Waals surface area contributed by atoms with Crippen LogP contribution in [0.2, 0.25) is 0 Å². The first-order valence-corrected chi connectivity index (χ1v) is 12.6. The number of ether oxygens (including phenoxy) is 1. The van der Waals surface area contributed by atoms with Gasteiger partial charge in [0, 0.05) is 58.2 Å². The molecule has 0 atom stereocenters. The molecule has 34 heavy (non-hydrogen) atoms. The third kappa shape index (κ3) is 6.60. The van der Waals surface area contributed by atoms with E-state index >= 15 is 0 Å². The van der Waals surface area contributed by atoms with E-state index in [2.05, 4.69) is 29.2 Å². The molecule has 0 N–H and O–H groups in total. The minimum Gasteiger partial charge on any atom is -0.497 e. The van der Waals surface area contributed by atoms with E-state index in [1.54, 1.807) is 7.11 Å². The molecular formula is C28H37N3O3. The number of hydrogen-bond acceptors (Lipinski definition) is 4. The summed E-state index contributed by atoms with van der Waals surface area (Å²) < 4.78 is 5.23. The molecule has 2 fully saturated rings. The van der Waals surface area contributed by atoms with Crippen LogP contribution in [0.5, 0.6) is 5.75 Å². The number of piperidine rings is 1. The van der Waals surface area contributed by atoms with Crippen molar-refractivity contribution >= 4 is 11.8 Å². The van der Waals surface area contributed by atoms with Crippen molar-refractivity contribution in [2.75, 3.05) is 52.9 Å². The summed E-state index contributed by atoms with van der Waals surface area (Å²) in [7, 11) is 1.69. The molecule has 2 aromatic carbocycles. The van der Waals surface area contributed by atoms with Crippen molar-refractivity contribution in [1.82, 2.24) is 14.7 Å². The molecule has 0 saturated carbocycles. The van der Waals surface area contributed by atoms with Crippen LogP contribution in [0.4, 0.5) is 0 Å². The minimum atomic E-state index is 0.0593. The molecule has 0 aliphatic carbocycles. The summed E-state index contributed by atoms with van der Waals surface area (Å²) in [4.78, 5) is 32.1. The van der Waals surface area contributed by atoms with Crippen molar-refractivity contribution in [3.05, 3.63) is 65.7 Å². The van der Waals surface area contributed by atoms with Gasteiger partial charge < -0.3 is 14.5 Å². The van der Waals surface area contributed by atoms with Gasteiger partial charge in [-0.3, -0.25) is 14.5 Å². The second-order valence-corrected chi connectivity index (χ2v) is 9.41. The van der Waals surface area contributed by atoms with Crippen LogP contribution in [0.25, 0.3) is 0 Å². The van der Waals surface area contributed by atoms with Crippen molar-refractivity contribution in [2.45, 2.75) is 32.1 Å². The SMILES string of the molecule is COc1ccc(CCN2CCN(C(=O)C3CCN(C(=O)CCc4ccccc4)CC3)CC2)cc1. The van der Waals surface area contributed by atoms with Gasteiger partial charge in [-0.15, -0.1) is 0 Å². The smallest absolute Gasteiger partial charge is 0.225 e. The number of methoxy groups -OCH3 is 1. The lowest BCUT2D eigenvalue weighted by Crippen LogP contribution is -2.52. The van der Waals surface area contributed by atoms with E-state index in [4.69, 9.17) is 4.74 Å². The van der Waals surface area contributed by atoms with Gasteiger partial charge in [-0.05, 0) is 48.9 Å². The number of amides is 2. The number of nitrogens with zero attached hydrogens (tertiary/aromatic N) is 3. The average molecular weight is 464 g/mol. The highest BCUT2D eigenvalue weighted by atomic mass is 16.5. The number of piperazine rings is 1. The first kappa shape index (κ1) is 24.3. The molecule has 2 aliphatic heterocycles. The fraction of sp³-hybridized carbons (Fsp3) is 0.500. The van der Waals surface area contributed by atoms with Crippen LogP contribution in [0, 0.1) is 5.92 Å². The zero-order valence-electron chi connectivity index (χ0n) is 20.3. The van der Waals surface area contributed by atoms with E-state index in [0.717, 1.165) is 64.2 Å². The standard InChI is InChI=1S/C28H37N3O3/c1-34-26-10-7-24(8-11-26)13-16-29-19-21-31(22-20-29)28(33)25-14-17-30(18-15-25)27(32)12-9-23-5-3-2-4-6-23/h2-8,10-11,25H,9,12-22H2,1H3. The molecule has 0 radical (unpaired) electrons. The molecule has 4 rings (SSSR count). The number of carbonyl (C=O) groups excluding carboxylic acids is 2. The summed E-state index contributed by atoms with van der Waals surface area (Å²) in [6.45, 7) is 5.88. The van der Waals surface area contributed by atoms with Crippen LogP contribution in [0.15, 0.2) is 54.6 Å². The Hall–Kier alpha value is -2.86. The van der Waals surface area contributed by atoms with Gasteiger partial charge in [0.1, 0.15) is 5.75 Å². The summed E-state index contributed by atoms with van der Waals surface area (Å²) in [6.07, 6.45) is 3.90. The van der Waals surface area contributed by atoms with E-state index in [1.165, 1.54) is 11.1 Å². The number of rotatable bonds is 8. The topological polar surface area (TPSA) is 53.1 Å². The Morgan fingerprint density at radius 1 is 0.794 bits per heavy atom. The first-order chi connectivity index (χ1) is 16.6. The highest BCUT2D eigenvalue weighted by Gasteiger charge is 2.31. The molecule has 0 unspecified atom stereocenters. The van der Waals surface area contributed by atoms with Crippen LogP contribution in [-0.4, -0.2) is 79.4 Å². The quantitative estimate of drug-likeness (QED) is 0.603. The van der Waals surface area contributed by atoms with Gasteiger partial charge in [0.2, 0.25) is 11.8 Å². The number of aryl methyl sites for hydroxylation is 1. The Kier molecular flexibility index (Phi) is 8.58. The first-order valence-electron chi connectivity index (χ1n) is 12.6. The van der Waals surface area contributed by atoms with Crippen molar-refractivity contribution in [2.24, 2.45) is 5.92 Å². The lowest BCUT2D eigenvalue weighted by Gasteiger charge is -2.38. The number of hydrogen-bond donors (Lipinski definition) is 0. The van der Waals surface area contributed by atoms with Gasteiger partial charge in [0.25, 0.3) is 0 Å². The van der Waals surface area contributed by atoms with Gasteiger partial charge in [-0.25, -0.2) is 0 Å². The molecule has 0 spiro atoms. The third-order valence-electron chi connectivity index (χ3n) is 7.23. The van der Waals surface area contributed by atoms with E-state index in [9.17, 15) is 9.59 Å². The molecule has 2 saturated heterocycles. The molecule has 2 amide bonds. The largest absolute Gasteiger partial charge is 0.497 e. The van der Waals surface area contributed by atoms with Crippen LogP contribution in [-0.2, 0) is 22.4 Å². The second kappa shape index (κ2) is 12.0. The maximum absolute atomic E-state index is 13.1. The molecule has 182 valence electrons. The van der Waals surface area contributed by atoms with E-state index in [1.807, 2.05) is 40.1 Å². The number of carbonyl (C=O) groups is 2. The fourth-order valence-electron chi connectivity index (χ4n) is 4.96. The Labute approximate surface area is 203 Å². The van der Waals surface area contributed by atoms with Gasteiger partial charge in [0.05, 0.1) is 7.11 Å². The summed E-state index contributed by atoms with van der Waals surface area (Å²) in [5, 5.41) is 0. The minimum absolute atomic E-state index is 0.0593. The maximum Gasteiger partial charge on any atom is 0.225 e. The summed E-state index contributed by atoms with van der Waals surface area (Å²) in [6, 6.07) is 18.4. The van der Waals surface area contributed by atoms with E-state index in [-0.39, 0.29) is 17.7 Å². The van der Waals surface area contributed by atoms with Crippen LogP contribution >= 0.6 is 0 Å².